The minimum atomic E-state index is -0.733. The molecule has 3 nitrogen and oxygen atoms in total. The summed E-state index contributed by atoms with van der Waals surface area (Å²) in [5.74, 6) is -0.243. The van der Waals surface area contributed by atoms with E-state index in [4.69, 9.17) is 4.74 Å². The van der Waals surface area contributed by atoms with Crippen molar-refractivity contribution >= 4 is 5.97 Å². The Labute approximate surface area is 85.5 Å². The number of carbonyl (C=O) groups is 1. The van der Waals surface area contributed by atoms with E-state index in [1.807, 2.05) is 13.8 Å². The van der Waals surface area contributed by atoms with Gasteiger partial charge in [0.2, 0.25) is 0 Å². The quantitative estimate of drug-likeness (QED) is 0.705. The summed E-state index contributed by atoms with van der Waals surface area (Å²) in [5.41, 5.74) is -0.733. The summed E-state index contributed by atoms with van der Waals surface area (Å²) >= 11 is 0. The molecule has 0 amide bonds. The van der Waals surface area contributed by atoms with Crippen LogP contribution in [0.25, 0.3) is 0 Å². The minimum Gasteiger partial charge on any atom is -0.462 e. The molecule has 1 N–H and O–H groups in total. The molecule has 0 heterocycles. The molecule has 1 aliphatic rings. The fraction of sp³-hybridized carbons (Fsp3) is 0.909. The zero-order valence-electron chi connectivity index (χ0n) is 9.08. The number of rotatable bonds is 4. The molecule has 0 saturated heterocycles. The molecule has 14 heavy (non-hydrogen) atoms. The summed E-state index contributed by atoms with van der Waals surface area (Å²) < 4.78 is 5.09. The van der Waals surface area contributed by atoms with E-state index >= 15 is 0 Å². The van der Waals surface area contributed by atoms with E-state index < -0.39 is 5.60 Å². The van der Waals surface area contributed by atoms with Crippen molar-refractivity contribution in [2.75, 3.05) is 6.61 Å². The van der Waals surface area contributed by atoms with E-state index in [2.05, 4.69) is 0 Å². The molecule has 1 aliphatic carbocycles. The Hall–Kier alpha value is -0.570. The van der Waals surface area contributed by atoms with Crippen molar-refractivity contribution in [1.82, 2.24) is 0 Å². The van der Waals surface area contributed by atoms with Gasteiger partial charge in [0.1, 0.15) is 6.61 Å². The lowest BCUT2D eigenvalue weighted by atomic mass is 10.0. The zero-order valence-corrected chi connectivity index (χ0v) is 9.08. The largest absolute Gasteiger partial charge is 0.462 e. The van der Waals surface area contributed by atoms with Gasteiger partial charge >= 0.3 is 5.97 Å². The van der Waals surface area contributed by atoms with Gasteiger partial charge in [-0.05, 0) is 19.3 Å². The predicted octanol–water partition coefficient (Wildman–Crippen LogP) is 1.88. The first-order valence-corrected chi connectivity index (χ1v) is 5.46. The second kappa shape index (κ2) is 4.78. The van der Waals surface area contributed by atoms with Crippen molar-refractivity contribution in [3.05, 3.63) is 0 Å². The lowest BCUT2D eigenvalue weighted by Crippen LogP contribution is -2.33. The first kappa shape index (κ1) is 11.5. The van der Waals surface area contributed by atoms with E-state index in [9.17, 15) is 9.90 Å². The second-order valence-corrected chi connectivity index (χ2v) is 4.35. The van der Waals surface area contributed by atoms with Crippen LogP contribution in [-0.4, -0.2) is 23.3 Å². The van der Waals surface area contributed by atoms with Gasteiger partial charge in [-0.1, -0.05) is 26.7 Å². The van der Waals surface area contributed by atoms with Crippen LogP contribution in [0.5, 0.6) is 0 Å². The first-order chi connectivity index (χ1) is 6.57. The number of aliphatic hydroxyl groups is 1. The van der Waals surface area contributed by atoms with Crippen LogP contribution in [0.4, 0.5) is 0 Å². The monoisotopic (exact) mass is 200 g/mol. The summed E-state index contributed by atoms with van der Waals surface area (Å²) in [6.07, 6.45) is 4.40. The summed E-state index contributed by atoms with van der Waals surface area (Å²) in [5, 5.41) is 9.92. The Balaban J connectivity index is 2.29. The second-order valence-electron chi connectivity index (χ2n) is 4.35. The van der Waals surface area contributed by atoms with Crippen molar-refractivity contribution in [3.8, 4) is 0 Å². The average Bonchev–Trinajstić information content (AvgIpc) is 2.61. The smallest absolute Gasteiger partial charge is 0.308 e. The van der Waals surface area contributed by atoms with Gasteiger partial charge in [0.25, 0.3) is 0 Å². The highest BCUT2D eigenvalue weighted by Gasteiger charge is 2.32. The van der Waals surface area contributed by atoms with Crippen LogP contribution >= 0.6 is 0 Å². The molecule has 0 aromatic rings. The van der Waals surface area contributed by atoms with Crippen molar-refractivity contribution in [3.63, 3.8) is 0 Å². The minimum absolute atomic E-state index is 0.0556. The summed E-state index contributed by atoms with van der Waals surface area (Å²) in [4.78, 5) is 11.3. The molecule has 0 bridgehead atoms. The Morgan fingerprint density at radius 2 is 2.07 bits per heavy atom. The average molecular weight is 200 g/mol. The van der Waals surface area contributed by atoms with Crippen LogP contribution in [0, 0.1) is 5.92 Å². The number of ether oxygens (including phenoxy) is 1. The Morgan fingerprint density at radius 3 is 2.57 bits per heavy atom. The molecule has 1 saturated carbocycles. The molecule has 1 atom stereocenters. The maximum absolute atomic E-state index is 11.3. The van der Waals surface area contributed by atoms with E-state index in [-0.39, 0.29) is 18.5 Å². The molecular formula is C11H20O3. The molecule has 0 aromatic heterocycles. The molecule has 1 unspecified atom stereocenters. The van der Waals surface area contributed by atoms with Crippen LogP contribution in [0.15, 0.2) is 0 Å². The summed E-state index contributed by atoms with van der Waals surface area (Å²) in [7, 11) is 0. The van der Waals surface area contributed by atoms with Crippen molar-refractivity contribution in [1.29, 1.82) is 0 Å². The molecule has 0 aliphatic heterocycles. The fourth-order valence-electron chi connectivity index (χ4n) is 1.69. The van der Waals surface area contributed by atoms with Gasteiger partial charge < -0.3 is 9.84 Å². The van der Waals surface area contributed by atoms with Crippen molar-refractivity contribution in [2.24, 2.45) is 5.92 Å². The van der Waals surface area contributed by atoms with Crippen molar-refractivity contribution < 1.29 is 14.6 Å². The van der Waals surface area contributed by atoms with E-state index in [0.717, 1.165) is 32.1 Å². The maximum atomic E-state index is 11.3. The van der Waals surface area contributed by atoms with Gasteiger partial charge in [-0.2, -0.15) is 0 Å². The van der Waals surface area contributed by atoms with Gasteiger partial charge in [-0.15, -0.1) is 0 Å². The topological polar surface area (TPSA) is 46.5 Å². The molecule has 0 aromatic carbocycles. The molecule has 82 valence electrons. The fourth-order valence-corrected chi connectivity index (χ4v) is 1.69. The molecule has 0 radical (unpaired) electrons. The lowest BCUT2D eigenvalue weighted by molar-refractivity contribution is -0.155. The van der Waals surface area contributed by atoms with Gasteiger partial charge in [-0.25, -0.2) is 0 Å². The molecule has 0 spiro atoms. The standard InChI is InChI=1S/C11H20O3/c1-3-9(2)10(12)14-8-11(13)6-4-5-7-11/h9,13H,3-8H2,1-2H3. The van der Waals surface area contributed by atoms with E-state index in [1.54, 1.807) is 0 Å². The maximum Gasteiger partial charge on any atom is 0.308 e. The SMILES string of the molecule is CCC(C)C(=O)OCC1(O)CCCC1. The van der Waals surface area contributed by atoms with Gasteiger partial charge in [0.05, 0.1) is 11.5 Å². The van der Waals surface area contributed by atoms with E-state index in [1.165, 1.54) is 0 Å². The highest BCUT2D eigenvalue weighted by molar-refractivity contribution is 5.71. The first-order valence-electron chi connectivity index (χ1n) is 5.46. The Morgan fingerprint density at radius 1 is 1.50 bits per heavy atom. The number of hydrogen-bond donors (Lipinski definition) is 1. The van der Waals surface area contributed by atoms with Crippen LogP contribution in [0.2, 0.25) is 0 Å². The third-order valence-electron chi connectivity index (χ3n) is 3.03. The number of hydrogen-bond acceptors (Lipinski definition) is 3. The summed E-state index contributed by atoms with van der Waals surface area (Å²) in [6.45, 7) is 3.98. The third kappa shape index (κ3) is 2.98. The van der Waals surface area contributed by atoms with Crippen LogP contribution in [-0.2, 0) is 9.53 Å². The molecular weight excluding hydrogens is 180 g/mol. The van der Waals surface area contributed by atoms with E-state index in [0.29, 0.717) is 0 Å². The molecule has 1 fully saturated rings. The Bertz CT molecular complexity index is 195. The van der Waals surface area contributed by atoms with Gasteiger partial charge in [0, 0.05) is 0 Å². The summed E-state index contributed by atoms with van der Waals surface area (Å²) in [6, 6.07) is 0. The highest BCUT2D eigenvalue weighted by atomic mass is 16.5. The Kier molecular flexibility index (Phi) is 3.93. The predicted molar refractivity (Wildman–Crippen MR) is 53.8 cm³/mol. The lowest BCUT2D eigenvalue weighted by Gasteiger charge is -2.22. The zero-order chi connectivity index (χ0) is 10.6. The van der Waals surface area contributed by atoms with Gasteiger partial charge in [0.15, 0.2) is 0 Å². The van der Waals surface area contributed by atoms with Crippen LogP contribution in [0.3, 0.4) is 0 Å². The third-order valence-corrected chi connectivity index (χ3v) is 3.03. The number of esters is 1. The van der Waals surface area contributed by atoms with Gasteiger partial charge in [-0.3, -0.25) is 4.79 Å². The highest BCUT2D eigenvalue weighted by Crippen LogP contribution is 2.29. The number of carbonyl (C=O) groups excluding carboxylic acids is 1. The molecule has 1 rings (SSSR count). The van der Waals surface area contributed by atoms with Crippen LogP contribution < -0.4 is 0 Å². The molecule has 3 heteroatoms. The normalized spacial score (nSPS) is 21.9. The van der Waals surface area contributed by atoms with Crippen molar-refractivity contribution in [2.45, 2.75) is 51.6 Å². The van der Waals surface area contributed by atoms with Crippen LogP contribution in [0.1, 0.15) is 46.0 Å².